The fourth-order valence-electron chi connectivity index (χ4n) is 9.60. The van der Waals surface area contributed by atoms with Gasteiger partial charge in [0.05, 0.1) is 11.4 Å². The predicted octanol–water partition coefficient (Wildman–Crippen LogP) is 15.8. The molecule has 1 aliphatic rings. The normalized spacial score (nSPS) is 13.0. The Labute approximate surface area is 353 Å². The van der Waals surface area contributed by atoms with Gasteiger partial charge in [0.2, 0.25) is 0 Å². The summed E-state index contributed by atoms with van der Waals surface area (Å²) >= 11 is 1.85. The number of nitrogens with zero attached hydrogens (tertiary/aromatic N) is 2. The molecule has 0 aliphatic heterocycles. The van der Waals surface area contributed by atoms with Crippen molar-refractivity contribution in [3.8, 4) is 67.3 Å². The molecule has 2 heterocycles. The quantitative estimate of drug-likeness (QED) is 0.174. The van der Waals surface area contributed by atoms with Gasteiger partial charge in [0.25, 0.3) is 0 Å². The van der Waals surface area contributed by atoms with Crippen LogP contribution in [-0.4, -0.2) is 9.97 Å². The maximum absolute atomic E-state index is 5.36. The molecule has 2 nitrogen and oxygen atoms in total. The smallest absolute Gasteiger partial charge is 0.160 e. The largest absolute Gasteiger partial charge is 0.228 e. The molecular weight excluding hydrogens is 745 g/mol. The first kappa shape index (κ1) is 34.8. The fourth-order valence-corrected chi connectivity index (χ4v) is 10.7. The van der Waals surface area contributed by atoms with Gasteiger partial charge in [0.15, 0.2) is 5.82 Å². The van der Waals surface area contributed by atoms with Crippen molar-refractivity contribution in [1.29, 1.82) is 0 Å². The number of rotatable bonds is 5. The monoisotopic (exact) mass is 782 g/mol. The molecule has 12 rings (SSSR count). The molecule has 2 aromatic heterocycles. The Morgan fingerprint density at radius 1 is 0.367 bits per heavy atom. The van der Waals surface area contributed by atoms with Crippen LogP contribution in [0.5, 0.6) is 0 Å². The zero-order valence-electron chi connectivity index (χ0n) is 33.3. The standard InChI is InChI=1S/C57H38N2S/c1-57(2)50-33-41(23-25-46(50)48-26-22-36-13-8-9-17-45(36)55(48)57)51-34-52(59-56(58-51)37-14-4-3-5-15-37)44-30-42(39-21-20-35-12-6-7-16-38(35)28-39)29-43(31-44)40-24-27-54-49(32-40)47-18-10-11-19-53(47)60-54/h3-34H,1-2H3. The molecule has 0 saturated heterocycles. The highest BCUT2D eigenvalue weighted by molar-refractivity contribution is 7.25. The SMILES string of the molecule is CC1(C)c2cc(-c3cc(-c4cc(-c5ccc6ccccc6c5)cc(-c5ccc6sc7ccccc7c6c5)c4)nc(-c4ccccc4)n3)ccc2-c2ccc3ccccc3c21. The average Bonchev–Trinajstić information content (AvgIpc) is 3.79. The summed E-state index contributed by atoms with van der Waals surface area (Å²) in [6.07, 6.45) is 0. The van der Waals surface area contributed by atoms with Crippen LogP contribution in [0.3, 0.4) is 0 Å². The van der Waals surface area contributed by atoms with E-state index >= 15 is 0 Å². The minimum Gasteiger partial charge on any atom is -0.228 e. The zero-order chi connectivity index (χ0) is 40.0. The lowest BCUT2D eigenvalue weighted by Crippen LogP contribution is -2.15. The first-order valence-corrected chi connectivity index (χ1v) is 21.4. The van der Waals surface area contributed by atoms with Crippen molar-refractivity contribution in [2.75, 3.05) is 0 Å². The van der Waals surface area contributed by atoms with Crippen LogP contribution in [0.4, 0.5) is 0 Å². The Kier molecular flexibility index (Phi) is 7.79. The first-order chi connectivity index (χ1) is 29.4. The van der Waals surface area contributed by atoms with Crippen LogP contribution < -0.4 is 0 Å². The molecule has 9 aromatic carbocycles. The maximum atomic E-state index is 5.36. The van der Waals surface area contributed by atoms with Gasteiger partial charge in [-0.2, -0.15) is 0 Å². The molecule has 3 heteroatoms. The van der Waals surface area contributed by atoms with Gasteiger partial charge in [-0.25, -0.2) is 9.97 Å². The van der Waals surface area contributed by atoms with E-state index in [1.54, 1.807) is 0 Å². The molecule has 0 bridgehead atoms. The van der Waals surface area contributed by atoms with Gasteiger partial charge in [-0.3, -0.25) is 0 Å². The van der Waals surface area contributed by atoms with Crippen LogP contribution in [0.25, 0.3) is 109 Å². The van der Waals surface area contributed by atoms with Crippen molar-refractivity contribution in [2.24, 2.45) is 0 Å². The molecule has 0 amide bonds. The molecule has 0 spiro atoms. The third-order valence-electron chi connectivity index (χ3n) is 12.6. The van der Waals surface area contributed by atoms with Gasteiger partial charge in [-0.05, 0) is 121 Å². The Hall–Kier alpha value is -7.20. The zero-order valence-corrected chi connectivity index (χ0v) is 34.1. The summed E-state index contributed by atoms with van der Waals surface area (Å²) in [7, 11) is 0. The molecule has 282 valence electrons. The van der Waals surface area contributed by atoms with E-state index in [0.29, 0.717) is 5.82 Å². The lowest BCUT2D eigenvalue weighted by Gasteiger charge is -2.23. The van der Waals surface area contributed by atoms with Crippen LogP contribution in [0.1, 0.15) is 25.0 Å². The van der Waals surface area contributed by atoms with E-state index in [0.717, 1.165) is 39.2 Å². The van der Waals surface area contributed by atoms with E-state index in [1.165, 1.54) is 75.1 Å². The van der Waals surface area contributed by atoms with Crippen molar-refractivity contribution < 1.29 is 0 Å². The second kappa shape index (κ2) is 13.4. The van der Waals surface area contributed by atoms with Crippen molar-refractivity contribution >= 4 is 53.1 Å². The lowest BCUT2D eigenvalue weighted by atomic mass is 9.80. The Morgan fingerprint density at radius 3 is 1.80 bits per heavy atom. The van der Waals surface area contributed by atoms with Crippen molar-refractivity contribution in [3.05, 3.63) is 205 Å². The van der Waals surface area contributed by atoms with Crippen molar-refractivity contribution in [1.82, 2.24) is 9.97 Å². The molecule has 1 aliphatic carbocycles. The highest BCUT2D eigenvalue weighted by atomic mass is 32.1. The number of hydrogen-bond donors (Lipinski definition) is 0. The number of hydrogen-bond acceptors (Lipinski definition) is 3. The Morgan fingerprint density at radius 2 is 0.967 bits per heavy atom. The third-order valence-corrected chi connectivity index (χ3v) is 13.8. The van der Waals surface area contributed by atoms with Gasteiger partial charge in [0, 0.05) is 42.3 Å². The van der Waals surface area contributed by atoms with E-state index < -0.39 is 0 Å². The summed E-state index contributed by atoms with van der Waals surface area (Å²) in [4.78, 5) is 10.7. The summed E-state index contributed by atoms with van der Waals surface area (Å²) in [6, 6.07) is 70.8. The number of benzene rings is 9. The van der Waals surface area contributed by atoms with E-state index in [2.05, 4.69) is 202 Å². The van der Waals surface area contributed by atoms with E-state index in [1.807, 2.05) is 17.4 Å². The number of aromatic nitrogens is 2. The molecule has 0 unspecified atom stereocenters. The second-order valence-electron chi connectivity index (χ2n) is 16.6. The van der Waals surface area contributed by atoms with E-state index in [-0.39, 0.29) is 5.41 Å². The number of thiophene rings is 1. The van der Waals surface area contributed by atoms with Crippen molar-refractivity contribution in [2.45, 2.75) is 19.3 Å². The molecule has 60 heavy (non-hydrogen) atoms. The molecule has 0 fully saturated rings. The summed E-state index contributed by atoms with van der Waals surface area (Å²) in [6.45, 7) is 4.73. The van der Waals surface area contributed by atoms with Crippen LogP contribution in [0.2, 0.25) is 0 Å². The van der Waals surface area contributed by atoms with E-state index in [4.69, 9.17) is 9.97 Å². The number of fused-ring (bicyclic) bond motifs is 9. The maximum Gasteiger partial charge on any atom is 0.160 e. The van der Waals surface area contributed by atoms with Crippen LogP contribution in [-0.2, 0) is 5.41 Å². The van der Waals surface area contributed by atoms with Gasteiger partial charge >= 0.3 is 0 Å². The molecule has 0 radical (unpaired) electrons. The second-order valence-corrected chi connectivity index (χ2v) is 17.7. The van der Waals surface area contributed by atoms with Crippen LogP contribution in [0, 0.1) is 0 Å². The van der Waals surface area contributed by atoms with Gasteiger partial charge in [-0.1, -0.05) is 153 Å². The minimum absolute atomic E-state index is 0.183. The third kappa shape index (κ3) is 5.61. The predicted molar refractivity (Wildman–Crippen MR) is 255 cm³/mol. The molecular formula is C57H38N2S. The summed E-state index contributed by atoms with van der Waals surface area (Å²) in [5.74, 6) is 0.709. The summed E-state index contributed by atoms with van der Waals surface area (Å²) in [5, 5.41) is 7.64. The Balaban J connectivity index is 1.06. The van der Waals surface area contributed by atoms with Gasteiger partial charge in [-0.15, -0.1) is 11.3 Å². The lowest BCUT2D eigenvalue weighted by molar-refractivity contribution is 0.666. The summed E-state index contributed by atoms with van der Waals surface area (Å²) < 4.78 is 2.61. The van der Waals surface area contributed by atoms with Crippen LogP contribution >= 0.6 is 11.3 Å². The highest BCUT2D eigenvalue weighted by Gasteiger charge is 2.37. The van der Waals surface area contributed by atoms with Crippen molar-refractivity contribution in [3.63, 3.8) is 0 Å². The molecule has 11 aromatic rings. The van der Waals surface area contributed by atoms with Gasteiger partial charge in [0.1, 0.15) is 0 Å². The Bertz CT molecular complexity index is 3520. The van der Waals surface area contributed by atoms with Crippen LogP contribution in [0.15, 0.2) is 194 Å². The average molecular weight is 783 g/mol. The first-order valence-electron chi connectivity index (χ1n) is 20.6. The fraction of sp³-hybridized carbons (Fsp3) is 0.0526. The molecule has 0 N–H and O–H groups in total. The molecule has 0 atom stereocenters. The minimum atomic E-state index is -0.183. The summed E-state index contributed by atoms with van der Waals surface area (Å²) in [5.41, 5.74) is 14.7. The molecule has 0 saturated carbocycles. The topological polar surface area (TPSA) is 25.8 Å². The van der Waals surface area contributed by atoms with E-state index in [9.17, 15) is 0 Å². The highest BCUT2D eigenvalue weighted by Crippen LogP contribution is 2.52. The van der Waals surface area contributed by atoms with Gasteiger partial charge < -0.3 is 0 Å².